The van der Waals surface area contributed by atoms with E-state index in [0.29, 0.717) is 16.9 Å². The molecule has 9 atom stereocenters. The summed E-state index contributed by atoms with van der Waals surface area (Å²) < 4.78 is 0. The van der Waals surface area contributed by atoms with E-state index in [1.807, 2.05) is 0 Å². The van der Waals surface area contributed by atoms with Gasteiger partial charge in [-0.25, -0.2) is 0 Å². The second-order valence-corrected chi connectivity index (χ2v) is 12.6. The van der Waals surface area contributed by atoms with Crippen LogP contribution in [0.2, 0.25) is 0 Å². The minimum atomic E-state index is 0.586. The Balaban J connectivity index is 1.47. The van der Waals surface area contributed by atoms with Crippen LogP contribution in [0.5, 0.6) is 0 Å². The average molecular weight is 415 g/mol. The molecule has 0 spiro atoms. The zero-order chi connectivity index (χ0) is 21.5. The highest BCUT2D eigenvalue weighted by Crippen LogP contribution is 2.68. The normalized spacial score (nSPS) is 48.0. The van der Waals surface area contributed by atoms with Crippen molar-refractivity contribution in [3.05, 3.63) is 12.2 Å². The van der Waals surface area contributed by atoms with Crippen molar-refractivity contribution < 1.29 is 0 Å². The Morgan fingerprint density at radius 1 is 1.00 bits per heavy atom. The Bertz CT molecular complexity index is 614. The fourth-order valence-electron chi connectivity index (χ4n) is 9.44. The van der Waals surface area contributed by atoms with Crippen LogP contribution < -0.4 is 11.1 Å². The summed E-state index contributed by atoms with van der Waals surface area (Å²) in [6.07, 6.45) is 15.8. The van der Waals surface area contributed by atoms with E-state index in [2.05, 4.69) is 39.6 Å². The smallest absolute Gasteiger partial charge is 0.00770 e. The lowest BCUT2D eigenvalue weighted by Crippen LogP contribution is -2.57. The molecule has 2 nitrogen and oxygen atoms in total. The molecule has 0 heterocycles. The molecule has 4 saturated carbocycles. The molecule has 0 aliphatic heterocycles. The van der Waals surface area contributed by atoms with Crippen LogP contribution >= 0.6 is 0 Å². The lowest BCUT2D eigenvalue weighted by atomic mass is 9.42. The molecule has 0 amide bonds. The fraction of sp³-hybridized carbons (Fsp3) is 0.929. The molecule has 4 rings (SSSR count). The lowest BCUT2D eigenvalue weighted by molar-refractivity contribution is -0.135. The van der Waals surface area contributed by atoms with Gasteiger partial charge in [-0.1, -0.05) is 26.3 Å². The molecule has 4 fully saturated rings. The van der Waals surface area contributed by atoms with E-state index in [1.165, 1.54) is 76.2 Å². The monoisotopic (exact) mass is 414 g/mol. The molecule has 2 heteroatoms. The largest absolute Gasteiger partial charge is 0.329 e. The van der Waals surface area contributed by atoms with Crippen molar-refractivity contribution in [2.45, 2.75) is 104 Å². The molecule has 0 aromatic heterocycles. The van der Waals surface area contributed by atoms with Crippen LogP contribution in [0.25, 0.3) is 0 Å². The molecule has 3 N–H and O–H groups in total. The molecule has 0 radical (unpaired) electrons. The average Bonchev–Trinajstić information content (AvgIpc) is 3.03. The molecule has 0 bridgehead atoms. The lowest BCUT2D eigenvalue weighted by Gasteiger charge is -2.63. The molecule has 0 saturated heterocycles. The predicted octanol–water partition coefficient (Wildman–Crippen LogP) is 6.55. The van der Waals surface area contributed by atoms with Crippen molar-refractivity contribution in [2.24, 2.45) is 52.1 Å². The Labute approximate surface area is 187 Å². The molecule has 0 aromatic rings. The van der Waals surface area contributed by atoms with Crippen molar-refractivity contribution in [1.82, 2.24) is 5.32 Å². The number of hydrogen-bond acceptors (Lipinski definition) is 2. The fourth-order valence-corrected chi connectivity index (χ4v) is 9.44. The van der Waals surface area contributed by atoms with E-state index < -0.39 is 0 Å². The maximum absolute atomic E-state index is 5.77. The van der Waals surface area contributed by atoms with Crippen LogP contribution in [0.3, 0.4) is 0 Å². The van der Waals surface area contributed by atoms with Crippen molar-refractivity contribution in [2.75, 3.05) is 13.1 Å². The summed E-state index contributed by atoms with van der Waals surface area (Å²) in [7, 11) is 0. The van der Waals surface area contributed by atoms with E-state index in [0.717, 1.165) is 48.6 Å². The highest BCUT2D eigenvalue weighted by molar-refractivity contribution is 5.10. The Morgan fingerprint density at radius 3 is 2.47 bits per heavy atom. The second kappa shape index (κ2) is 8.89. The number of allylic oxidation sites excluding steroid dienone is 1. The van der Waals surface area contributed by atoms with Crippen molar-refractivity contribution in [3.63, 3.8) is 0 Å². The minimum absolute atomic E-state index is 0.586. The third-order valence-electron chi connectivity index (χ3n) is 11.0. The summed E-state index contributed by atoms with van der Waals surface area (Å²) in [6.45, 7) is 16.1. The summed E-state index contributed by atoms with van der Waals surface area (Å²) in [5.74, 6) is 5.77. The molecule has 30 heavy (non-hydrogen) atoms. The van der Waals surface area contributed by atoms with Gasteiger partial charge in [-0.2, -0.15) is 0 Å². The topological polar surface area (TPSA) is 38.0 Å². The summed E-state index contributed by atoms with van der Waals surface area (Å²) in [5.41, 5.74) is 8.35. The summed E-state index contributed by atoms with van der Waals surface area (Å²) in [4.78, 5) is 0. The van der Waals surface area contributed by atoms with E-state index in [4.69, 9.17) is 5.73 Å². The van der Waals surface area contributed by atoms with Gasteiger partial charge in [-0.15, -0.1) is 6.58 Å². The van der Waals surface area contributed by atoms with Gasteiger partial charge in [0.25, 0.3) is 0 Å². The summed E-state index contributed by atoms with van der Waals surface area (Å²) >= 11 is 0. The van der Waals surface area contributed by atoms with E-state index in [-0.39, 0.29) is 0 Å². The Kier molecular flexibility index (Phi) is 6.77. The van der Waals surface area contributed by atoms with Crippen molar-refractivity contribution in [1.29, 1.82) is 0 Å². The van der Waals surface area contributed by atoms with Gasteiger partial charge in [-0.05, 0) is 124 Å². The van der Waals surface area contributed by atoms with Gasteiger partial charge in [-0.3, -0.25) is 0 Å². The van der Waals surface area contributed by atoms with Gasteiger partial charge in [0.05, 0.1) is 0 Å². The van der Waals surface area contributed by atoms with E-state index in [9.17, 15) is 0 Å². The first-order valence-electron chi connectivity index (χ1n) is 13.4. The number of rotatable bonds is 7. The molecule has 172 valence electrons. The van der Waals surface area contributed by atoms with Crippen LogP contribution in [0.4, 0.5) is 0 Å². The minimum Gasteiger partial charge on any atom is -0.329 e. The van der Waals surface area contributed by atoms with E-state index in [1.54, 1.807) is 0 Å². The van der Waals surface area contributed by atoms with Gasteiger partial charge < -0.3 is 11.1 Å². The number of hydrogen-bond donors (Lipinski definition) is 2. The van der Waals surface area contributed by atoms with Gasteiger partial charge in [0.1, 0.15) is 0 Å². The van der Waals surface area contributed by atoms with Crippen LogP contribution in [0.1, 0.15) is 98.3 Å². The quantitative estimate of drug-likeness (QED) is 0.463. The van der Waals surface area contributed by atoms with Gasteiger partial charge >= 0.3 is 0 Å². The Hall–Kier alpha value is -0.340. The number of fused-ring (bicyclic) bond motifs is 5. The van der Waals surface area contributed by atoms with Gasteiger partial charge in [0.2, 0.25) is 0 Å². The van der Waals surface area contributed by atoms with Crippen LogP contribution in [-0.4, -0.2) is 19.1 Å². The maximum Gasteiger partial charge on any atom is 0.00770 e. The van der Waals surface area contributed by atoms with Crippen molar-refractivity contribution >= 4 is 0 Å². The molecule has 9 unspecified atom stereocenters. The Morgan fingerprint density at radius 2 is 1.73 bits per heavy atom. The standard InChI is InChI=1S/C28H50N2/c1-19(2)7-6-8-21-9-10-24-23-17-20(3)26-18-22(30-16-15-29)11-13-28(26,5)25(23)12-14-27(21,24)4/h20-26,30H,1,6-18,29H2,2-5H3. The molecular formula is C28H50N2. The summed E-state index contributed by atoms with van der Waals surface area (Å²) in [6, 6.07) is 0.712. The zero-order valence-electron chi connectivity index (χ0n) is 20.5. The third kappa shape index (κ3) is 3.94. The molecular weight excluding hydrogens is 364 g/mol. The SMILES string of the molecule is C=C(C)CCCC1CCC2C3CC(C)C4CC(NCCN)CCC4(C)C3CCC12C. The first-order chi connectivity index (χ1) is 14.3. The van der Waals surface area contributed by atoms with Crippen LogP contribution in [0, 0.1) is 46.3 Å². The highest BCUT2D eigenvalue weighted by atomic mass is 14.9. The van der Waals surface area contributed by atoms with Gasteiger partial charge in [0.15, 0.2) is 0 Å². The molecule has 4 aliphatic carbocycles. The molecule has 0 aromatic carbocycles. The highest BCUT2D eigenvalue weighted by Gasteiger charge is 2.61. The number of nitrogens with one attached hydrogen (secondary N) is 1. The number of nitrogens with two attached hydrogens (primary N) is 1. The summed E-state index contributed by atoms with van der Waals surface area (Å²) in [5, 5.41) is 3.76. The van der Waals surface area contributed by atoms with Gasteiger partial charge in [0, 0.05) is 19.1 Å². The van der Waals surface area contributed by atoms with Crippen molar-refractivity contribution in [3.8, 4) is 0 Å². The third-order valence-corrected chi connectivity index (χ3v) is 11.0. The first kappa shape index (κ1) is 22.8. The van der Waals surface area contributed by atoms with E-state index >= 15 is 0 Å². The van der Waals surface area contributed by atoms with Crippen LogP contribution in [-0.2, 0) is 0 Å². The first-order valence-corrected chi connectivity index (χ1v) is 13.4. The second-order valence-electron chi connectivity index (χ2n) is 12.6. The molecule has 4 aliphatic rings. The predicted molar refractivity (Wildman–Crippen MR) is 129 cm³/mol. The van der Waals surface area contributed by atoms with Crippen LogP contribution in [0.15, 0.2) is 12.2 Å². The zero-order valence-corrected chi connectivity index (χ0v) is 20.5. The maximum atomic E-state index is 5.77.